The molecule has 0 spiro atoms. The van der Waals surface area contributed by atoms with Crippen LogP contribution in [0.25, 0.3) is 0 Å². The molecule has 2 aromatic carbocycles. The Labute approximate surface area is 130 Å². The lowest BCUT2D eigenvalue weighted by atomic mass is 10.1. The number of benzene rings is 2. The molecule has 0 bridgehead atoms. The zero-order chi connectivity index (χ0) is 13.8. The minimum Gasteiger partial charge on any atom is -0.389 e. The minimum atomic E-state index is -0.154. The third-order valence-electron chi connectivity index (χ3n) is 2.49. The van der Waals surface area contributed by atoms with Crippen LogP contribution in [0.3, 0.4) is 0 Å². The number of thiocarbonyl (C=S) groups is 1. The van der Waals surface area contributed by atoms with E-state index in [2.05, 4.69) is 27.9 Å². The molecule has 0 unspecified atom stereocenters. The second kappa shape index (κ2) is 6.12. The number of halogens is 1. The average molecular weight is 382 g/mol. The van der Waals surface area contributed by atoms with E-state index in [1.807, 2.05) is 24.3 Å². The molecular weight excluding hydrogens is 371 g/mol. The van der Waals surface area contributed by atoms with E-state index in [1.54, 1.807) is 24.3 Å². The second-order valence-corrected chi connectivity index (χ2v) is 5.59. The van der Waals surface area contributed by atoms with Gasteiger partial charge in [-0.1, -0.05) is 30.4 Å². The molecule has 0 aliphatic heterocycles. The molecule has 0 saturated carbocycles. The molecule has 19 heavy (non-hydrogen) atoms. The molecule has 2 rings (SSSR count). The van der Waals surface area contributed by atoms with Gasteiger partial charge in [0.2, 0.25) is 0 Å². The Kier molecular flexibility index (Phi) is 4.49. The molecular formula is C14H11IN2OS. The van der Waals surface area contributed by atoms with Gasteiger partial charge in [-0.15, -0.1) is 0 Å². The molecule has 0 aliphatic rings. The van der Waals surface area contributed by atoms with Crippen LogP contribution in [-0.4, -0.2) is 10.9 Å². The highest BCUT2D eigenvalue weighted by atomic mass is 127. The fourth-order valence-corrected chi connectivity index (χ4v) is 2.25. The summed E-state index contributed by atoms with van der Waals surface area (Å²) in [5.41, 5.74) is 7.59. The summed E-state index contributed by atoms with van der Waals surface area (Å²) in [6, 6.07) is 14.6. The third kappa shape index (κ3) is 3.74. The van der Waals surface area contributed by atoms with Crippen LogP contribution in [0.5, 0.6) is 0 Å². The highest BCUT2D eigenvalue weighted by molar-refractivity contribution is 14.1. The molecule has 5 heteroatoms. The van der Waals surface area contributed by atoms with Crippen LogP contribution < -0.4 is 11.1 Å². The van der Waals surface area contributed by atoms with Gasteiger partial charge in [0.15, 0.2) is 0 Å². The van der Waals surface area contributed by atoms with Gasteiger partial charge < -0.3 is 11.1 Å². The average Bonchev–Trinajstić information content (AvgIpc) is 2.39. The van der Waals surface area contributed by atoms with Crippen LogP contribution in [0.2, 0.25) is 0 Å². The monoisotopic (exact) mass is 382 g/mol. The molecule has 0 aliphatic carbocycles. The quantitative estimate of drug-likeness (QED) is 0.634. The Balaban J connectivity index is 2.19. The van der Waals surface area contributed by atoms with Crippen LogP contribution in [0.15, 0.2) is 48.5 Å². The van der Waals surface area contributed by atoms with E-state index < -0.39 is 0 Å². The standard InChI is InChI=1S/C14H11IN2OS/c15-11-5-1-4-10(7-11)14(18)17-12-6-2-3-9(8-12)13(16)19/h1-8H,(H2,16,19)(H,17,18). The highest BCUT2D eigenvalue weighted by Gasteiger charge is 2.07. The number of amides is 1. The summed E-state index contributed by atoms with van der Waals surface area (Å²) < 4.78 is 1.02. The van der Waals surface area contributed by atoms with Crippen molar-refractivity contribution in [1.82, 2.24) is 0 Å². The Morgan fingerprint density at radius 2 is 1.79 bits per heavy atom. The number of anilines is 1. The van der Waals surface area contributed by atoms with Crippen LogP contribution in [-0.2, 0) is 0 Å². The predicted octanol–water partition coefficient (Wildman–Crippen LogP) is 3.18. The van der Waals surface area contributed by atoms with Gasteiger partial charge in [-0.2, -0.15) is 0 Å². The number of nitrogens with one attached hydrogen (secondary N) is 1. The number of hydrogen-bond donors (Lipinski definition) is 2. The van der Waals surface area contributed by atoms with Crippen molar-refractivity contribution >= 4 is 51.4 Å². The van der Waals surface area contributed by atoms with E-state index in [9.17, 15) is 4.79 Å². The lowest BCUT2D eigenvalue weighted by molar-refractivity contribution is 0.102. The lowest BCUT2D eigenvalue weighted by Gasteiger charge is -2.07. The van der Waals surface area contributed by atoms with E-state index in [-0.39, 0.29) is 5.91 Å². The van der Waals surface area contributed by atoms with Gasteiger partial charge in [0.05, 0.1) is 0 Å². The topological polar surface area (TPSA) is 55.1 Å². The van der Waals surface area contributed by atoms with E-state index in [0.29, 0.717) is 16.2 Å². The Morgan fingerprint density at radius 3 is 2.47 bits per heavy atom. The SMILES string of the molecule is NC(=S)c1cccc(NC(=O)c2cccc(I)c2)c1. The summed E-state index contributed by atoms with van der Waals surface area (Å²) in [5, 5.41) is 2.82. The first-order valence-electron chi connectivity index (χ1n) is 5.53. The minimum absolute atomic E-state index is 0.154. The van der Waals surface area contributed by atoms with Crippen molar-refractivity contribution in [2.75, 3.05) is 5.32 Å². The van der Waals surface area contributed by atoms with Crippen molar-refractivity contribution in [2.24, 2.45) is 5.73 Å². The van der Waals surface area contributed by atoms with Crippen LogP contribution in [0, 0.1) is 3.57 Å². The molecule has 2 aromatic rings. The number of rotatable bonds is 3. The van der Waals surface area contributed by atoms with Crippen molar-refractivity contribution < 1.29 is 4.79 Å². The van der Waals surface area contributed by atoms with Crippen molar-refractivity contribution in [2.45, 2.75) is 0 Å². The molecule has 3 N–H and O–H groups in total. The van der Waals surface area contributed by atoms with Gasteiger partial charge in [-0.3, -0.25) is 4.79 Å². The number of hydrogen-bond acceptors (Lipinski definition) is 2. The molecule has 96 valence electrons. The maximum absolute atomic E-state index is 12.1. The summed E-state index contributed by atoms with van der Waals surface area (Å²) in [4.78, 5) is 12.4. The molecule has 0 radical (unpaired) electrons. The van der Waals surface area contributed by atoms with Crippen molar-refractivity contribution in [3.05, 3.63) is 63.2 Å². The normalized spacial score (nSPS) is 9.95. The summed E-state index contributed by atoms with van der Waals surface area (Å²) >= 11 is 7.08. The van der Waals surface area contributed by atoms with Gasteiger partial charge in [0, 0.05) is 20.4 Å². The molecule has 0 fully saturated rings. The largest absolute Gasteiger partial charge is 0.389 e. The van der Waals surface area contributed by atoms with Gasteiger partial charge in [0.1, 0.15) is 4.99 Å². The summed E-state index contributed by atoms with van der Waals surface area (Å²) in [6.07, 6.45) is 0. The number of carbonyl (C=O) groups is 1. The maximum Gasteiger partial charge on any atom is 0.255 e. The van der Waals surface area contributed by atoms with Crippen molar-refractivity contribution in [1.29, 1.82) is 0 Å². The smallest absolute Gasteiger partial charge is 0.255 e. The Bertz CT molecular complexity index is 643. The summed E-state index contributed by atoms with van der Waals surface area (Å²) in [7, 11) is 0. The van der Waals surface area contributed by atoms with Crippen LogP contribution >= 0.6 is 34.8 Å². The fourth-order valence-electron chi connectivity index (χ4n) is 1.58. The summed E-state index contributed by atoms with van der Waals surface area (Å²) in [5.74, 6) is -0.154. The van der Waals surface area contributed by atoms with E-state index in [4.69, 9.17) is 18.0 Å². The third-order valence-corrected chi connectivity index (χ3v) is 3.40. The first-order valence-corrected chi connectivity index (χ1v) is 7.02. The molecule has 0 atom stereocenters. The predicted molar refractivity (Wildman–Crippen MR) is 89.4 cm³/mol. The van der Waals surface area contributed by atoms with Gasteiger partial charge in [-0.05, 0) is 52.9 Å². The van der Waals surface area contributed by atoms with Crippen LogP contribution in [0.4, 0.5) is 5.69 Å². The molecule has 3 nitrogen and oxygen atoms in total. The highest BCUT2D eigenvalue weighted by Crippen LogP contribution is 2.13. The van der Waals surface area contributed by atoms with Gasteiger partial charge in [-0.25, -0.2) is 0 Å². The zero-order valence-corrected chi connectivity index (χ0v) is 12.9. The lowest BCUT2D eigenvalue weighted by Crippen LogP contribution is -2.14. The van der Waals surface area contributed by atoms with E-state index in [0.717, 1.165) is 9.13 Å². The molecule has 0 aromatic heterocycles. The van der Waals surface area contributed by atoms with Crippen LogP contribution in [0.1, 0.15) is 15.9 Å². The van der Waals surface area contributed by atoms with E-state index in [1.165, 1.54) is 0 Å². The second-order valence-electron chi connectivity index (χ2n) is 3.91. The summed E-state index contributed by atoms with van der Waals surface area (Å²) in [6.45, 7) is 0. The van der Waals surface area contributed by atoms with Gasteiger partial charge in [0.25, 0.3) is 5.91 Å². The van der Waals surface area contributed by atoms with E-state index >= 15 is 0 Å². The Morgan fingerprint density at radius 1 is 1.11 bits per heavy atom. The number of nitrogens with two attached hydrogens (primary N) is 1. The molecule has 0 heterocycles. The maximum atomic E-state index is 12.1. The molecule has 1 amide bonds. The number of carbonyl (C=O) groups excluding carboxylic acids is 1. The molecule has 0 saturated heterocycles. The first-order chi connectivity index (χ1) is 9.06. The Hall–Kier alpha value is -1.47. The zero-order valence-electron chi connectivity index (χ0n) is 9.89. The first kappa shape index (κ1) is 14.0. The van der Waals surface area contributed by atoms with Crippen molar-refractivity contribution in [3.8, 4) is 0 Å². The fraction of sp³-hybridized carbons (Fsp3) is 0. The van der Waals surface area contributed by atoms with Gasteiger partial charge >= 0.3 is 0 Å². The van der Waals surface area contributed by atoms with Crippen molar-refractivity contribution in [3.63, 3.8) is 0 Å².